The lowest BCUT2D eigenvalue weighted by Gasteiger charge is -2.25. The Morgan fingerprint density at radius 3 is 1.29 bits per heavy atom. The Hall–Kier alpha value is -0.540. The zero-order valence-electron chi connectivity index (χ0n) is 34.2. The van der Waals surface area contributed by atoms with E-state index in [2.05, 4.69) is 19.2 Å². The highest BCUT2D eigenvalue weighted by atomic mass is 31.2. The van der Waals surface area contributed by atoms with E-state index in [0.29, 0.717) is 12.8 Å². The quantitative estimate of drug-likeness (QED) is 0.0304. The largest absolute Gasteiger partial charge is 0.472 e. The van der Waals surface area contributed by atoms with Gasteiger partial charge in [0.1, 0.15) is 0 Å². The van der Waals surface area contributed by atoms with Gasteiger partial charge in [0.15, 0.2) is 0 Å². The molecule has 0 bridgehead atoms. The molecule has 1 amide bonds. The summed E-state index contributed by atoms with van der Waals surface area (Å²) in [6.45, 7) is 4.05. The van der Waals surface area contributed by atoms with E-state index in [-0.39, 0.29) is 26.2 Å². The van der Waals surface area contributed by atoms with E-state index in [1.165, 1.54) is 154 Å². The van der Waals surface area contributed by atoms with Crippen LogP contribution in [-0.4, -0.2) is 59.0 Å². The van der Waals surface area contributed by atoms with Gasteiger partial charge < -0.3 is 26.2 Å². The minimum absolute atomic E-state index is 0.0625. The molecule has 0 aliphatic heterocycles. The van der Waals surface area contributed by atoms with Gasteiger partial charge in [-0.1, -0.05) is 206 Å². The molecule has 10 heteroatoms. The lowest BCUT2D eigenvalue weighted by molar-refractivity contribution is -0.125. The number of nitrogens with one attached hydrogen (secondary N) is 1. The molecule has 0 spiro atoms. The molecule has 0 saturated carbocycles. The van der Waals surface area contributed by atoms with Gasteiger partial charge in [-0.05, 0) is 12.8 Å². The first-order valence-electron chi connectivity index (χ1n) is 22.2. The van der Waals surface area contributed by atoms with E-state index in [1.54, 1.807) is 0 Å². The fraction of sp³-hybridized carbons (Fsp3) is 0.976. The fourth-order valence-electron chi connectivity index (χ4n) is 6.89. The van der Waals surface area contributed by atoms with Gasteiger partial charge in [-0.15, -0.1) is 0 Å². The van der Waals surface area contributed by atoms with Crippen LogP contribution in [0.2, 0.25) is 0 Å². The average molecular weight is 763 g/mol. The first kappa shape index (κ1) is 51.5. The number of hydrogen-bond acceptors (Lipinski definition) is 7. The summed E-state index contributed by atoms with van der Waals surface area (Å²) in [6, 6.07) is -0.889. The number of aliphatic hydroxyl groups excluding tert-OH is 2. The van der Waals surface area contributed by atoms with Crippen LogP contribution in [-0.2, 0) is 18.4 Å². The summed E-state index contributed by atoms with van der Waals surface area (Å²) in [5.41, 5.74) is 5.36. The Labute approximate surface area is 321 Å². The molecule has 0 aliphatic carbocycles. The smallest absolute Gasteiger partial charge is 0.393 e. The first-order chi connectivity index (χ1) is 25.3. The van der Waals surface area contributed by atoms with Crippen LogP contribution in [0.15, 0.2) is 0 Å². The summed E-state index contributed by atoms with van der Waals surface area (Å²) in [5, 5.41) is 24.2. The summed E-state index contributed by atoms with van der Waals surface area (Å²) in [6.07, 6.45) is 37.2. The third kappa shape index (κ3) is 36.4. The van der Waals surface area contributed by atoms with Crippen molar-refractivity contribution in [3.8, 4) is 0 Å². The molecule has 9 nitrogen and oxygen atoms in total. The maximum atomic E-state index is 12.8. The average Bonchev–Trinajstić information content (AvgIpc) is 3.12. The van der Waals surface area contributed by atoms with Crippen molar-refractivity contribution in [3.63, 3.8) is 0 Å². The van der Waals surface area contributed by atoms with Gasteiger partial charge in [0.25, 0.3) is 0 Å². The Balaban J connectivity index is 4.14. The van der Waals surface area contributed by atoms with Crippen LogP contribution < -0.4 is 11.1 Å². The van der Waals surface area contributed by atoms with E-state index in [1.807, 2.05) is 0 Å². The normalized spacial score (nSPS) is 14.7. The van der Waals surface area contributed by atoms with E-state index >= 15 is 0 Å². The second kappa shape index (κ2) is 38.7. The standard InChI is InChI=1S/C42H87N2O7P/c1-3-5-7-9-11-13-15-16-17-18-19-20-21-22-24-25-27-29-31-33-39(45)37-42(47)44-40(38-51-52(48,49)50-36-35-43)41(46)34-32-30-28-26-23-14-12-10-8-6-4-2/h39-41,45-46H,3-38,43H2,1-2H3,(H,44,47)(H,48,49). The van der Waals surface area contributed by atoms with Crippen molar-refractivity contribution in [2.75, 3.05) is 19.8 Å². The Kier molecular flexibility index (Phi) is 38.3. The molecule has 4 unspecified atom stereocenters. The Morgan fingerprint density at radius 2 is 0.923 bits per heavy atom. The lowest BCUT2D eigenvalue weighted by Crippen LogP contribution is -2.47. The molecule has 0 radical (unpaired) electrons. The molecular formula is C42H87N2O7P. The molecule has 0 saturated heterocycles. The predicted molar refractivity (Wildman–Crippen MR) is 218 cm³/mol. The van der Waals surface area contributed by atoms with Crippen LogP contribution in [0.3, 0.4) is 0 Å². The zero-order valence-corrected chi connectivity index (χ0v) is 35.1. The number of hydrogen-bond donors (Lipinski definition) is 5. The van der Waals surface area contributed by atoms with Crippen LogP contribution in [0.4, 0.5) is 0 Å². The van der Waals surface area contributed by atoms with Crippen molar-refractivity contribution >= 4 is 13.7 Å². The molecular weight excluding hydrogens is 675 g/mol. The fourth-order valence-corrected chi connectivity index (χ4v) is 7.65. The van der Waals surface area contributed by atoms with Crippen LogP contribution in [0.1, 0.15) is 226 Å². The molecule has 0 heterocycles. The van der Waals surface area contributed by atoms with Crippen molar-refractivity contribution in [3.05, 3.63) is 0 Å². The highest BCUT2D eigenvalue weighted by Gasteiger charge is 2.28. The second-order valence-corrected chi connectivity index (χ2v) is 16.9. The SMILES string of the molecule is CCCCCCCCCCCCCCCCCCCCCC(O)CC(=O)NC(COP(=O)(O)OCCN)C(O)CCCCCCCCCCCCC. The van der Waals surface area contributed by atoms with Gasteiger partial charge in [0, 0.05) is 6.54 Å². The summed E-state index contributed by atoms with van der Waals surface area (Å²) in [5.74, 6) is -0.410. The Bertz CT molecular complexity index is 806. The van der Waals surface area contributed by atoms with Crippen LogP contribution in [0.25, 0.3) is 0 Å². The van der Waals surface area contributed by atoms with Gasteiger partial charge in [0.2, 0.25) is 5.91 Å². The van der Waals surface area contributed by atoms with Crippen LogP contribution in [0, 0.1) is 0 Å². The lowest BCUT2D eigenvalue weighted by atomic mass is 10.0. The van der Waals surface area contributed by atoms with Crippen molar-refractivity contribution in [2.24, 2.45) is 5.73 Å². The van der Waals surface area contributed by atoms with Crippen molar-refractivity contribution in [1.82, 2.24) is 5.32 Å². The number of phosphoric ester groups is 1. The predicted octanol–water partition coefficient (Wildman–Crippen LogP) is 11.2. The number of rotatable bonds is 42. The van der Waals surface area contributed by atoms with E-state index in [4.69, 9.17) is 14.8 Å². The van der Waals surface area contributed by atoms with Crippen molar-refractivity contribution in [1.29, 1.82) is 0 Å². The summed E-state index contributed by atoms with van der Waals surface area (Å²) >= 11 is 0. The third-order valence-electron chi connectivity index (χ3n) is 10.3. The summed E-state index contributed by atoms with van der Waals surface area (Å²) in [7, 11) is -4.37. The molecule has 0 aromatic heterocycles. The minimum Gasteiger partial charge on any atom is -0.393 e. The number of nitrogens with two attached hydrogens (primary N) is 1. The highest BCUT2D eigenvalue weighted by molar-refractivity contribution is 7.47. The maximum Gasteiger partial charge on any atom is 0.472 e. The zero-order chi connectivity index (χ0) is 38.4. The van der Waals surface area contributed by atoms with E-state index in [9.17, 15) is 24.5 Å². The first-order valence-corrected chi connectivity index (χ1v) is 23.7. The van der Waals surface area contributed by atoms with E-state index < -0.39 is 32.0 Å². The minimum atomic E-state index is -4.37. The maximum absolute atomic E-state index is 12.8. The summed E-state index contributed by atoms with van der Waals surface area (Å²) in [4.78, 5) is 22.7. The Morgan fingerprint density at radius 1 is 0.577 bits per heavy atom. The number of carbonyl (C=O) groups excluding carboxylic acids is 1. The number of amides is 1. The molecule has 52 heavy (non-hydrogen) atoms. The van der Waals surface area contributed by atoms with Crippen LogP contribution >= 0.6 is 7.82 Å². The molecule has 4 atom stereocenters. The second-order valence-electron chi connectivity index (χ2n) is 15.5. The number of carbonyl (C=O) groups is 1. The molecule has 0 fully saturated rings. The molecule has 0 aliphatic rings. The van der Waals surface area contributed by atoms with Crippen molar-refractivity contribution in [2.45, 2.75) is 244 Å². The molecule has 0 rings (SSSR count). The molecule has 312 valence electrons. The monoisotopic (exact) mass is 763 g/mol. The highest BCUT2D eigenvalue weighted by Crippen LogP contribution is 2.43. The number of unbranched alkanes of at least 4 members (excludes halogenated alkanes) is 28. The third-order valence-corrected chi connectivity index (χ3v) is 11.2. The molecule has 6 N–H and O–H groups in total. The van der Waals surface area contributed by atoms with Crippen molar-refractivity contribution < 1.29 is 33.5 Å². The molecule has 0 aromatic carbocycles. The number of aliphatic hydroxyl groups is 2. The van der Waals surface area contributed by atoms with Gasteiger partial charge in [-0.2, -0.15) is 0 Å². The van der Waals surface area contributed by atoms with Gasteiger partial charge in [-0.3, -0.25) is 13.8 Å². The molecule has 0 aromatic rings. The van der Waals surface area contributed by atoms with Crippen LogP contribution in [0.5, 0.6) is 0 Å². The van der Waals surface area contributed by atoms with Gasteiger partial charge in [0.05, 0.1) is 37.9 Å². The van der Waals surface area contributed by atoms with Gasteiger partial charge in [-0.25, -0.2) is 4.57 Å². The summed E-state index contributed by atoms with van der Waals surface area (Å²) < 4.78 is 22.1. The topological polar surface area (TPSA) is 151 Å². The van der Waals surface area contributed by atoms with E-state index in [0.717, 1.165) is 38.5 Å². The number of phosphoric acid groups is 1. The van der Waals surface area contributed by atoms with Gasteiger partial charge >= 0.3 is 7.82 Å².